The summed E-state index contributed by atoms with van der Waals surface area (Å²) in [6, 6.07) is 0. The van der Waals surface area contributed by atoms with E-state index in [1.807, 2.05) is 0 Å². The molecule has 0 aromatic carbocycles. The Hall–Kier alpha value is -0.0113. The average Bonchev–Trinajstić information content (AvgIpc) is 2.97. The first-order valence-corrected chi connectivity index (χ1v) is 10.3. The van der Waals surface area contributed by atoms with Gasteiger partial charge in [0, 0.05) is 0 Å². The number of rotatable bonds is 4. The molecule has 0 spiro atoms. The molecular weight excluding hydrogens is 371 g/mol. The first-order valence-electron chi connectivity index (χ1n) is 6.49. The molecule has 102 valence electrons. The molecule has 3 fully saturated rings. The van der Waals surface area contributed by atoms with E-state index in [4.69, 9.17) is 7.81 Å². The van der Waals surface area contributed by atoms with Crippen molar-refractivity contribution in [3.8, 4) is 0 Å². The van der Waals surface area contributed by atoms with Gasteiger partial charge in [-0.25, -0.2) is 0 Å². The predicted molar refractivity (Wildman–Crippen MR) is 72.8 cm³/mol. The predicted octanol–water partition coefficient (Wildman–Crippen LogP) is 1.58. The Morgan fingerprint density at radius 2 is 2.26 bits per heavy atom. The van der Waals surface area contributed by atoms with E-state index in [2.05, 4.69) is 6.58 Å². The summed E-state index contributed by atoms with van der Waals surface area (Å²) >= 11 is 0.302. The molecule has 2 aliphatic carbocycles. The Labute approximate surface area is 127 Å². The van der Waals surface area contributed by atoms with E-state index in [9.17, 15) is 9.59 Å². The maximum atomic E-state index is 11.8. The molecule has 6 heteroatoms. The van der Waals surface area contributed by atoms with Gasteiger partial charge in [-0.05, 0) is 0 Å². The third-order valence-corrected chi connectivity index (χ3v) is 9.07. The van der Waals surface area contributed by atoms with Crippen molar-refractivity contribution < 1.29 is 17.4 Å². The van der Waals surface area contributed by atoms with Crippen LogP contribution in [0.3, 0.4) is 0 Å². The van der Waals surface area contributed by atoms with Gasteiger partial charge in [-0.3, -0.25) is 0 Å². The fourth-order valence-corrected chi connectivity index (χ4v) is 8.27. The standard InChI is InChI=1S/C13H16O4S.Sn/c1-7(2)13(16)18-6-10(14)17-12-9-4-3-8(5-9)11(12)15;/h3,8-9,11-12H,1,4-6H2,2H3;/q-1;+1. The van der Waals surface area contributed by atoms with E-state index in [1.165, 1.54) is 12.8 Å². The van der Waals surface area contributed by atoms with E-state index < -0.39 is 21.6 Å². The van der Waals surface area contributed by atoms with Gasteiger partial charge in [-0.15, -0.1) is 0 Å². The van der Waals surface area contributed by atoms with Gasteiger partial charge in [0.15, 0.2) is 0 Å². The molecule has 4 nitrogen and oxygen atoms in total. The Morgan fingerprint density at radius 1 is 1.47 bits per heavy atom. The zero-order valence-electron chi connectivity index (χ0n) is 10.8. The summed E-state index contributed by atoms with van der Waals surface area (Å²) in [6.45, 7) is 5.21. The Balaban J connectivity index is 1.51. The van der Waals surface area contributed by atoms with Crippen LogP contribution in [0.2, 0.25) is 3.93 Å². The van der Waals surface area contributed by atoms with Crippen molar-refractivity contribution in [3.63, 3.8) is 0 Å². The van der Waals surface area contributed by atoms with Crippen molar-refractivity contribution in [2.45, 2.75) is 35.9 Å². The molecule has 0 amide bonds. The summed E-state index contributed by atoms with van der Waals surface area (Å²) in [5, 5.41) is -0.142. The third kappa shape index (κ3) is 2.61. The molecule has 3 aliphatic rings. The van der Waals surface area contributed by atoms with E-state index >= 15 is 0 Å². The number of ether oxygens (including phenoxy) is 1. The van der Waals surface area contributed by atoms with Crippen molar-refractivity contribution >= 4 is 44.4 Å². The normalized spacial score (nSPS) is 38.5. The zero-order chi connectivity index (χ0) is 13.6. The molecule has 1 saturated heterocycles. The van der Waals surface area contributed by atoms with Crippen LogP contribution >= 0.6 is 11.8 Å². The van der Waals surface area contributed by atoms with Gasteiger partial charge >= 0.3 is 127 Å². The topological polar surface area (TPSA) is 52.6 Å². The molecule has 19 heavy (non-hydrogen) atoms. The molecule has 0 N–H and O–H groups in total. The van der Waals surface area contributed by atoms with Crippen LogP contribution < -0.4 is 0 Å². The fraction of sp³-hybridized carbons (Fsp3) is 0.692. The number of hydrogen-bond donors (Lipinski definition) is 0. The fourth-order valence-electron chi connectivity index (χ4n) is 3.31. The molecule has 1 heterocycles. The van der Waals surface area contributed by atoms with Crippen LogP contribution in [0, 0.1) is 11.8 Å². The Bertz CT molecular complexity index is 436. The first kappa shape index (κ1) is 13.9. The van der Waals surface area contributed by atoms with Crippen LogP contribution in [0.4, 0.5) is 0 Å². The van der Waals surface area contributed by atoms with Crippen LogP contribution in [0.1, 0.15) is 19.8 Å². The summed E-state index contributed by atoms with van der Waals surface area (Å²) in [5.41, 5.74) is 0.465. The number of carbonyl (C=O) groups is 2. The minimum atomic E-state index is -0.670. The summed E-state index contributed by atoms with van der Waals surface area (Å²) in [7, 11) is 0. The van der Waals surface area contributed by atoms with E-state index in [-0.39, 0.29) is 29.0 Å². The second kappa shape index (κ2) is 5.41. The van der Waals surface area contributed by atoms with Gasteiger partial charge in [0.05, 0.1) is 0 Å². The molecule has 2 saturated carbocycles. The van der Waals surface area contributed by atoms with Crippen LogP contribution in [0.5, 0.6) is 0 Å². The van der Waals surface area contributed by atoms with Gasteiger partial charge in [-0.2, -0.15) is 0 Å². The number of thioether (sulfide) groups is 1. The number of hydrogen-bond acceptors (Lipinski definition) is 5. The van der Waals surface area contributed by atoms with Crippen molar-refractivity contribution in [1.29, 1.82) is 0 Å². The van der Waals surface area contributed by atoms with Crippen LogP contribution in [0.25, 0.3) is 0 Å². The number of esters is 1. The van der Waals surface area contributed by atoms with Crippen molar-refractivity contribution in [3.05, 3.63) is 12.2 Å². The zero-order valence-corrected chi connectivity index (χ0v) is 14.4. The monoisotopic (exact) mass is 388 g/mol. The second-order valence-corrected chi connectivity index (χ2v) is 9.92. The second-order valence-electron chi connectivity index (χ2n) is 5.51. The van der Waals surface area contributed by atoms with Gasteiger partial charge in [0.25, 0.3) is 0 Å². The molecule has 5 atom stereocenters. The third-order valence-electron chi connectivity index (χ3n) is 4.15. The molecule has 3 rings (SSSR count). The maximum absolute atomic E-state index is 11.8. The quantitative estimate of drug-likeness (QED) is 0.417. The van der Waals surface area contributed by atoms with Gasteiger partial charge in [0.1, 0.15) is 0 Å². The average molecular weight is 387 g/mol. The minimum absolute atomic E-state index is 0.0438. The van der Waals surface area contributed by atoms with Crippen molar-refractivity contribution in [2.24, 2.45) is 11.8 Å². The molecule has 0 aromatic rings. The van der Waals surface area contributed by atoms with Crippen LogP contribution in [-0.4, -0.2) is 50.6 Å². The van der Waals surface area contributed by atoms with E-state index in [0.29, 0.717) is 17.4 Å². The molecule has 1 aliphatic heterocycles. The number of fused-ring (bicyclic) bond motifs is 1. The Morgan fingerprint density at radius 3 is 3.00 bits per heavy atom. The molecule has 2 bridgehead atoms. The van der Waals surface area contributed by atoms with E-state index in [0.717, 1.165) is 15.7 Å². The van der Waals surface area contributed by atoms with Crippen LogP contribution in [0.15, 0.2) is 12.2 Å². The first-order chi connectivity index (χ1) is 9.06. The summed E-state index contributed by atoms with van der Waals surface area (Å²) in [5.74, 6) is 0.957. The van der Waals surface area contributed by atoms with Crippen molar-refractivity contribution in [2.75, 3.05) is 5.75 Å². The van der Waals surface area contributed by atoms with E-state index in [1.54, 1.807) is 6.92 Å². The molecule has 2 radical (unpaired) electrons. The molecular formula is C13H16O4SSn. The summed E-state index contributed by atoms with van der Waals surface area (Å²) in [4.78, 5) is 23.2. The SMILES string of the molecule is C=C(C)C(=O)SCC(=O)OC1C2C[CH]3[Sn][O]C1C3C2. The van der Waals surface area contributed by atoms with Gasteiger partial charge in [-0.1, -0.05) is 0 Å². The molecule has 5 unspecified atom stereocenters. The van der Waals surface area contributed by atoms with Gasteiger partial charge in [0.2, 0.25) is 0 Å². The Kier molecular flexibility index (Phi) is 3.97. The van der Waals surface area contributed by atoms with Crippen molar-refractivity contribution in [1.82, 2.24) is 0 Å². The van der Waals surface area contributed by atoms with Gasteiger partial charge < -0.3 is 0 Å². The molecule has 0 aromatic heterocycles. The number of carbonyl (C=O) groups excluding carboxylic acids is 2. The summed E-state index contributed by atoms with van der Waals surface area (Å²) in [6.07, 6.45) is 2.51. The summed E-state index contributed by atoms with van der Waals surface area (Å²) < 4.78 is 12.3. The van der Waals surface area contributed by atoms with Crippen LogP contribution in [-0.2, 0) is 17.4 Å².